The van der Waals surface area contributed by atoms with E-state index < -0.39 is 47.9 Å². The quantitative estimate of drug-likeness (QED) is 0.243. The van der Waals surface area contributed by atoms with Crippen LogP contribution in [0.4, 0.5) is 14.5 Å². The van der Waals surface area contributed by atoms with Crippen LogP contribution in [0.15, 0.2) is 66.7 Å². The SMILES string of the molecule is CCOC(=O)C(C)NC(=O)CC(=O)N(c1cc(F)cc(F)c1)C1CN(C(c2ccc(Cl)cc2)c2ccc(Cl)cc2)C1. The van der Waals surface area contributed by atoms with Crippen molar-refractivity contribution in [2.75, 3.05) is 24.6 Å². The summed E-state index contributed by atoms with van der Waals surface area (Å²) in [6.45, 7) is 3.92. The number of halogens is 4. The van der Waals surface area contributed by atoms with Crippen LogP contribution in [0.1, 0.15) is 37.4 Å². The summed E-state index contributed by atoms with van der Waals surface area (Å²) in [5, 5.41) is 3.61. The number of likely N-dealkylation sites (tertiary alicyclic amines) is 1. The topological polar surface area (TPSA) is 78.9 Å². The molecule has 41 heavy (non-hydrogen) atoms. The molecule has 1 N–H and O–H groups in total. The first-order valence-electron chi connectivity index (χ1n) is 13.0. The summed E-state index contributed by atoms with van der Waals surface area (Å²) in [5.74, 6) is -3.72. The summed E-state index contributed by atoms with van der Waals surface area (Å²) in [4.78, 5) is 41.3. The van der Waals surface area contributed by atoms with E-state index in [4.69, 9.17) is 27.9 Å². The number of carbonyl (C=O) groups is 3. The molecule has 216 valence electrons. The predicted molar refractivity (Wildman–Crippen MR) is 153 cm³/mol. The summed E-state index contributed by atoms with van der Waals surface area (Å²) in [7, 11) is 0. The van der Waals surface area contributed by atoms with Crippen LogP contribution >= 0.6 is 23.2 Å². The van der Waals surface area contributed by atoms with Gasteiger partial charge in [0.25, 0.3) is 0 Å². The van der Waals surface area contributed by atoms with Gasteiger partial charge in [0.2, 0.25) is 11.8 Å². The number of anilines is 1. The molecule has 0 bridgehead atoms. The normalized spacial score (nSPS) is 14.3. The number of carbonyl (C=O) groups excluding carboxylic acids is 3. The molecule has 4 rings (SSSR count). The molecule has 1 atom stereocenters. The van der Waals surface area contributed by atoms with Gasteiger partial charge >= 0.3 is 5.97 Å². The van der Waals surface area contributed by atoms with Gasteiger partial charge in [-0.3, -0.25) is 14.5 Å². The monoisotopic (exact) mass is 603 g/mol. The van der Waals surface area contributed by atoms with E-state index in [0.29, 0.717) is 29.2 Å². The lowest BCUT2D eigenvalue weighted by atomic mass is 9.92. The van der Waals surface area contributed by atoms with Gasteiger partial charge in [-0.05, 0) is 61.4 Å². The third kappa shape index (κ3) is 7.61. The second kappa shape index (κ2) is 13.4. The van der Waals surface area contributed by atoms with Crippen molar-refractivity contribution in [3.63, 3.8) is 0 Å². The van der Waals surface area contributed by atoms with E-state index in [1.54, 1.807) is 31.2 Å². The number of hydrogen-bond donors (Lipinski definition) is 1. The van der Waals surface area contributed by atoms with Crippen LogP contribution in [0, 0.1) is 11.6 Å². The second-order valence-corrected chi connectivity index (χ2v) is 10.6. The van der Waals surface area contributed by atoms with Gasteiger partial charge in [0, 0.05) is 34.9 Å². The Bertz CT molecular complexity index is 1330. The van der Waals surface area contributed by atoms with Crippen LogP contribution < -0.4 is 10.2 Å². The summed E-state index contributed by atoms with van der Waals surface area (Å²) in [6, 6.07) is 16.0. The molecule has 1 aliphatic heterocycles. The minimum absolute atomic E-state index is 0.00192. The number of nitrogens with one attached hydrogen (secondary N) is 1. The molecule has 2 amide bonds. The molecule has 0 spiro atoms. The van der Waals surface area contributed by atoms with Gasteiger partial charge in [-0.1, -0.05) is 47.5 Å². The Morgan fingerprint density at radius 1 is 0.951 bits per heavy atom. The molecule has 7 nitrogen and oxygen atoms in total. The van der Waals surface area contributed by atoms with Crippen molar-refractivity contribution < 1.29 is 27.9 Å². The van der Waals surface area contributed by atoms with Crippen LogP contribution in [-0.4, -0.2) is 54.5 Å². The van der Waals surface area contributed by atoms with Crippen molar-refractivity contribution in [1.82, 2.24) is 10.2 Å². The number of rotatable bonds is 10. The van der Waals surface area contributed by atoms with Crippen LogP contribution in [0.3, 0.4) is 0 Å². The number of ether oxygens (including phenoxy) is 1. The number of nitrogens with zero attached hydrogens (tertiary/aromatic N) is 2. The molecule has 1 aliphatic rings. The molecular weight excluding hydrogens is 575 g/mol. The first kappa shape index (κ1) is 30.4. The first-order chi connectivity index (χ1) is 19.5. The molecule has 3 aromatic carbocycles. The molecule has 1 heterocycles. The summed E-state index contributed by atoms with van der Waals surface area (Å²) < 4.78 is 33.3. The van der Waals surface area contributed by atoms with Gasteiger partial charge in [-0.15, -0.1) is 0 Å². The van der Waals surface area contributed by atoms with Gasteiger partial charge < -0.3 is 15.0 Å². The van der Waals surface area contributed by atoms with E-state index in [1.165, 1.54) is 11.8 Å². The Morgan fingerprint density at radius 3 is 1.95 bits per heavy atom. The standard InChI is InChI=1S/C30H29Cl2F2N3O4/c1-3-41-30(40)18(2)35-27(38)15-28(39)37(25-13-23(33)12-24(34)14-25)26-16-36(17-26)29(19-4-8-21(31)9-5-19)20-6-10-22(32)11-7-20/h4-14,18,26,29H,3,15-17H2,1-2H3,(H,35,38). The van der Waals surface area contributed by atoms with E-state index in [9.17, 15) is 23.2 Å². The fraction of sp³-hybridized carbons (Fsp3) is 0.300. The summed E-state index contributed by atoms with van der Waals surface area (Å²) in [5.41, 5.74) is 1.91. The molecule has 1 saturated heterocycles. The number of hydrogen-bond acceptors (Lipinski definition) is 5. The summed E-state index contributed by atoms with van der Waals surface area (Å²) >= 11 is 12.2. The molecule has 1 unspecified atom stereocenters. The van der Waals surface area contributed by atoms with Crippen LogP contribution in [-0.2, 0) is 19.1 Å². The zero-order chi connectivity index (χ0) is 29.7. The first-order valence-corrected chi connectivity index (χ1v) is 13.8. The molecule has 1 fully saturated rings. The third-order valence-electron chi connectivity index (χ3n) is 6.72. The van der Waals surface area contributed by atoms with Gasteiger partial charge in [0.15, 0.2) is 0 Å². The lowest BCUT2D eigenvalue weighted by Gasteiger charge is -2.49. The van der Waals surface area contributed by atoms with E-state index >= 15 is 0 Å². The second-order valence-electron chi connectivity index (χ2n) is 9.72. The fourth-order valence-electron chi connectivity index (χ4n) is 4.84. The Balaban J connectivity index is 1.57. The van der Waals surface area contributed by atoms with Crippen molar-refractivity contribution in [2.45, 2.75) is 38.4 Å². The van der Waals surface area contributed by atoms with E-state index in [0.717, 1.165) is 23.3 Å². The van der Waals surface area contributed by atoms with E-state index in [1.807, 2.05) is 24.3 Å². The third-order valence-corrected chi connectivity index (χ3v) is 7.22. The summed E-state index contributed by atoms with van der Waals surface area (Å²) in [6.07, 6.45) is -0.629. The Hall–Kier alpha value is -3.53. The van der Waals surface area contributed by atoms with Crippen LogP contribution in [0.2, 0.25) is 10.0 Å². The van der Waals surface area contributed by atoms with Crippen LogP contribution in [0.25, 0.3) is 0 Å². The number of benzene rings is 3. The Kier molecular flexibility index (Phi) is 9.96. The zero-order valence-electron chi connectivity index (χ0n) is 22.5. The highest BCUT2D eigenvalue weighted by atomic mass is 35.5. The minimum atomic E-state index is -0.964. The van der Waals surface area contributed by atoms with Gasteiger partial charge in [-0.25, -0.2) is 13.6 Å². The lowest BCUT2D eigenvalue weighted by molar-refractivity contribution is -0.147. The number of amides is 2. The molecule has 11 heteroatoms. The minimum Gasteiger partial charge on any atom is -0.464 e. The maximum atomic E-state index is 14.2. The zero-order valence-corrected chi connectivity index (χ0v) is 24.0. The highest BCUT2D eigenvalue weighted by molar-refractivity contribution is 6.30. The van der Waals surface area contributed by atoms with Crippen molar-refractivity contribution in [3.05, 3.63) is 99.5 Å². The fourth-order valence-corrected chi connectivity index (χ4v) is 5.10. The maximum Gasteiger partial charge on any atom is 0.328 e. The molecule has 0 aliphatic carbocycles. The lowest BCUT2D eigenvalue weighted by Crippen LogP contribution is -2.62. The molecule has 0 aromatic heterocycles. The van der Waals surface area contributed by atoms with Crippen molar-refractivity contribution in [3.8, 4) is 0 Å². The van der Waals surface area contributed by atoms with Gasteiger partial charge in [0.1, 0.15) is 24.1 Å². The Labute approximate surface area is 247 Å². The van der Waals surface area contributed by atoms with Crippen molar-refractivity contribution >= 4 is 46.7 Å². The predicted octanol–water partition coefficient (Wildman–Crippen LogP) is 5.54. The molecule has 3 aromatic rings. The maximum absolute atomic E-state index is 14.2. The molecular formula is C30H29Cl2F2N3O4. The molecule has 0 radical (unpaired) electrons. The Morgan fingerprint density at radius 2 is 1.46 bits per heavy atom. The van der Waals surface area contributed by atoms with Crippen molar-refractivity contribution in [2.24, 2.45) is 0 Å². The van der Waals surface area contributed by atoms with Crippen molar-refractivity contribution in [1.29, 1.82) is 0 Å². The van der Waals surface area contributed by atoms with Gasteiger partial charge in [-0.2, -0.15) is 0 Å². The van der Waals surface area contributed by atoms with Crippen LogP contribution in [0.5, 0.6) is 0 Å². The molecule has 0 saturated carbocycles. The highest BCUT2D eigenvalue weighted by Gasteiger charge is 2.40. The van der Waals surface area contributed by atoms with Gasteiger partial charge in [0.05, 0.1) is 18.7 Å². The smallest absolute Gasteiger partial charge is 0.328 e. The average molecular weight is 604 g/mol. The van der Waals surface area contributed by atoms with E-state index in [-0.39, 0.29) is 18.3 Å². The largest absolute Gasteiger partial charge is 0.464 e. The number of esters is 1. The average Bonchev–Trinajstić information content (AvgIpc) is 2.88. The van der Waals surface area contributed by atoms with E-state index in [2.05, 4.69) is 10.2 Å². The highest BCUT2D eigenvalue weighted by Crippen LogP contribution is 2.36.